The Labute approximate surface area is 218 Å². The summed E-state index contributed by atoms with van der Waals surface area (Å²) in [6, 6.07) is 7.13. The van der Waals surface area contributed by atoms with Crippen molar-refractivity contribution in [3.8, 4) is 0 Å². The Bertz CT molecular complexity index is 1230. The van der Waals surface area contributed by atoms with Crippen LogP contribution in [0.2, 0.25) is 0 Å². The van der Waals surface area contributed by atoms with Crippen molar-refractivity contribution in [3.63, 3.8) is 0 Å². The van der Waals surface area contributed by atoms with Crippen molar-refractivity contribution < 1.29 is 32.9 Å². The lowest BCUT2D eigenvalue weighted by Gasteiger charge is -2.42. The van der Waals surface area contributed by atoms with E-state index in [1.165, 1.54) is 24.0 Å². The van der Waals surface area contributed by atoms with Gasteiger partial charge in [-0.3, -0.25) is 29.5 Å². The predicted molar refractivity (Wildman–Crippen MR) is 135 cm³/mol. The topological polar surface area (TPSA) is 138 Å². The molecular formula is C25H30FN5O7. The average Bonchev–Trinajstić information content (AvgIpc) is 3.50. The number of halogens is 1. The molecule has 1 N–H and O–H groups in total. The summed E-state index contributed by atoms with van der Waals surface area (Å²) in [5, 5.41) is 13.4. The van der Waals surface area contributed by atoms with E-state index in [4.69, 9.17) is 9.15 Å². The first-order valence-electron chi connectivity index (χ1n) is 12.3. The summed E-state index contributed by atoms with van der Waals surface area (Å²) in [5.74, 6) is -1.48. The Morgan fingerprint density at radius 1 is 1.26 bits per heavy atom. The van der Waals surface area contributed by atoms with Crippen molar-refractivity contribution in [2.75, 3.05) is 49.6 Å². The number of likely N-dealkylation sites (N-methyl/N-ethyl adjacent to an activating group) is 1. The molecule has 2 aromatic rings. The zero-order valence-electron chi connectivity index (χ0n) is 21.4. The third-order valence-corrected chi connectivity index (χ3v) is 6.90. The van der Waals surface area contributed by atoms with Crippen LogP contribution in [0.25, 0.3) is 0 Å². The summed E-state index contributed by atoms with van der Waals surface area (Å²) in [6.45, 7) is 4.94. The molecule has 0 saturated carbocycles. The van der Waals surface area contributed by atoms with Crippen molar-refractivity contribution >= 4 is 35.0 Å². The van der Waals surface area contributed by atoms with Gasteiger partial charge in [0.15, 0.2) is 5.76 Å². The van der Waals surface area contributed by atoms with Gasteiger partial charge in [-0.2, -0.15) is 0 Å². The lowest BCUT2D eigenvalue weighted by Crippen LogP contribution is -2.50. The van der Waals surface area contributed by atoms with E-state index >= 15 is 4.39 Å². The van der Waals surface area contributed by atoms with Gasteiger partial charge >= 0.3 is 12.0 Å². The molecular weight excluding hydrogens is 501 g/mol. The highest BCUT2D eigenvalue weighted by molar-refractivity contribution is 5.95. The number of carbonyl (C=O) groups excluding carboxylic acids is 3. The van der Waals surface area contributed by atoms with Crippen LogP contribution >= 0.6 is 0 Å². The van der Waals surface area contributed by atoms with E-state index in [-0.39, 0.29) is 49.0 Å². The number of rotatable bonds is 9. The van der Waals surface area contributed by atoms with Gasteiger partial charge in [-0.05, 0) is 43.7 Å². The molecule has 3 atom stereocenters. The number of hydrogen-bond donors (Lipinski definition) is 1. The SMILES string of the molecule is CC(=O)NC[C@H]1CN(c2ccc(N3CCC(N(C)CC(=O)c4ccc([N+](=O)[O-])o4)C(C)C3)c(F)c2)C(=O)O1. The molecule has 2 aliphatic heterocycles. The number of benzene rings is 1. The fraction of sp³-hybridized carbons (Fsp3) is 0.480. The first-order chi connectivity index (χ1) is 18.0. The third-order valence-electron chi connectivity index (χ3n) is 6.90. The van der Waals surface area contributed by atoms with Gasteiger partial charge in [-0.1, -0.05) is 6.92 Å². The normalized spacial score (nSPS) is 21.5. The predicted octanol–water partition coefficient (Wildman–Crippen LogP) is 2.82. The Balaban J connectivity index is 1.35. The van der Waals surface area contributed by atoms with E-state index in [1.807, 2.05) is 23.8 Å². The van der Waals surface area contributed by atoms with Crippen LogP contribution in [0.4, 0.5) is 26.4 Å². The van der Waals surface area contributed by atoms with Crippen molar-refractivity contribution in [1.29, 1.82) is 0 Å². The quantitative estimate of drug-likeness (QED) is 0.294. The minimum absolute atomic E-state index is 0.0393. The summed E-state index contributed by atoms with van der Waals surface area (Å²) < 4.78 is 25.4. The van der Waals surface area contributed by atoms with Gasteiger partial charge in [0.2, 0.25) is 11.7 Å². The first-order valence-corrected chi connectivity index (χ1v) is 12.3. The number of hydrogen-bond acceptors (Lipinski definition) is 9. The Kier molecular flexibility index (Phi) is 7.95. The number of carbonyl (C=O) groups is 3. The molecule has 38 heavy (non-hydrogen) atoms. The van der Waals surface area contributed by atoms with Crippen molar-refractivity contribution in [2.45, 2.75) is 32.4 Å². The van der Waals surface area contributed by atoms with Crippen LogP contribution in [0.1, 0.15) is 30.8 Å². The molecule has 0 aliphatic carbocycles. The van der Waals surface area contributed by atoms with Crippen molar-refractivity contribution in [1.82, 2.24) is 10.2 Å². The number of anilines is 2. The zero-order chi connectivity index (χ0) is 27.6. The van der Waals surface area contributed by atoms with Gasteiger partial charge in [-0.25, -0.2) is 9.18 Å². The zero-order valence-corrected chi connectivity index (χ0v) is 21.4. The van der Waals surface area contributed by atoms with Crippen LogP contribution in [-0.2, 0) is 9.53 Å². The summed E-state index contributed by atoms with van der Waals surface area (Å²) in [7, 11) is 1.82. The molecule has 1 aromatic heterocycles. The van der Waals surface area contributed by atoms with E-state index in [2.05, 4.69) is 5.32 Å². The van der Waals surface area contributed by atoms with Gasteiger partial charge in [0, 0.05) is 26.1 Å². The largest absolute Gasteiger partial charge is 0.442 e. The van der Waals surface area contributed by atoms with Crippen molar-refractivity contribution in [2.24, 2.45) is 5.92 Å². The van der Waals surface area contributed by atoms with Crippen LogP contribution in [0.15, 0.2) is 34.7 Å². The summed E-state index contributed by atoms with van der Waals surface area (Å²) >= 11 is 0. The molecule has 2 unspecified atom stereocenters. The molecule has 204 valence electrons. The summed E-state index contributed by atoms with van der Waals surface area (Å²) in [5.41, 5.74) is 0.795. The maximum Gasteiger partial charge on any atom is 0.433 e. The second-order valence-corrected chi connectivity index (χ2v) is 9.70. The van der Waals surface area contributed by atoms with Crippen molar-refractivity contribution in [3.05, 3.63) is 52.0 Å². The Hall–Kier alpha value is -4.00. The average molecular weight is 532 g/mol. The Morgan fingerprint density at radius 3 is 2.66 bits per heavy atom. The minimum atomic E-state index is -0.689. The minimum Gasteiger partial charge on any atom is -0.442 e. The van der Waals surface area contributed by atoms with Gasteiger partial charge < -0.3 is 19.4 Å². The highest BCUT2D eigenvalue weighted by Crippen LogP contribution is 2.31. The van der Waals surface area contributed by atoms with E-state index in [0.29, 0.717) is 30.9 Å². The molecule has 12 nitrogen and oxygen atoms in total. The number of amides is 2. The fourth-order valence-corrected chi connectivity index (χ4v) is 5.02. The van der Waals surface area contributed by atoms with Crippen LogP contribution in [0.3, 0.4) is 0 Å². The van der Waals surface area contributed by atoms with E-state index in [1.54, 1.807) is 12.1 Å². The molecule has 0 bridgehead atoms. The molecule has 0 radical (unpaired) electrons. The number of Topliss-reactive ketones (excluding diaryl/α,β-unsaturated/α-hetero) is 1. The van der Waals surface area contributed by atoms with Crippen LogP contribution < -0.4 is 15.1 Å². The number of cyclic esters (lactones) is 1. The van der Waals surface area contributed by atoms with Crippen LogP contribution in [-0.4, -0.2) is 79.5 Å². The van der Waals surface area contributed by atoms with Gasteiger partial charge in [0.1, 0.15) is 16.8 Å². The third kappa shape index (κ3) is 5.93. The standard InChI is InChI=1S/C25H30FN5O7/c1-15-12-29(9-8-20(15)28(3)14-22(33)23-6-7-24(38-23)31(35)36)21-5-4-17(10-19(21)26)30-13-18(37-25(30)34)11-27-16(2)32/h4-7,10,15,18,20H,8-9,11-14H2,1-3H3,(H,27,32)/t15?,18-,20?/m0/s1. The molecule has 2 saturated heterocycles. The summed E-state index contributed by atoms with van der Waals surface area (Å²) in [6.07, 6.45) is -0.433. The second-order valence-electron chi connectivity index (χ2n) is 9.70. The molecule has 4 rings (SSSR count). The molecule has 2 aliphatic rings. The van der Waals surface area contributed by atoms with E-state index in [0.717, 1.165) is 6.07 Å². The highest BCUT2D eigenvalue weighted by Gasteiger charge is 2.34. The fourth-order valence-electron chi connectivity index (χ4n) is 5.02. The number of ether oxygens (including phenoxy) is 1. The Morgan fingerprint density at radius 2 is 2.03 bits per heavy atom. The number of piperidine rings is 1. The maximum absolute atomic E-state index is 15.2. The second kappa shape index (κ2) is 11.2. The number of ketones is 1. The number of nitro groups is 1. The molecule has 1 aromatic carbocycles. The lowest BCUT2D eigenvalue weighted by molar-refractivity contribution is -0.402. The van der Waals surface area contributed by atoms with E-state index in [9.17, 15) is 24.5 Å². The molecule has 2 amide bonds. The number of nitrogens with zero attached hydrogens (tertiary/aromatic N) is 4. The molecule has 0 spiro atoms. The molecule has 13 heteroatoms. The van der Waals surface area contributed by atoms with Crippen LogP contribution in [0, 0.1) is 21.8 Å². The molecule has 3 heterocycles. The van der Waals surface area contributed by atoms with Gasteiger partial charge in [0.25, 0.3) is 0 Å². The number of nitrogens with one attached hydrogen (secondary N) is 1. The van der Waals surface area contributed by atoms with Gasteiger partial charge in [-0.15, -0.1) is 0 Å². The maximum atomic E-state index is 15.2. The van der Waals surface area contributed by atoms with Crippen LogP contribution in [0.5, 0.6) is 0 Å². The smallest absolute Gasteiger partial charge is 0.433 e. The molecule has 2 fully saturated rings. The lowest BCUT2D eigenvalue weighted by atomic mass is 9.92. The van der Waals surface area contributed by atoms with Gasteiger partial charge in [0.05, 0.1) is 37.1 Å². The first kappa shape index (κ1) is 27.0. The highest BCUT2D eigenvalue weighted by atomic mass is 19.1. The van der Waals surface area contributed by atoms with E-state index < -0.39 is 28.8 Å². The monoisotopic (exact) mass is 531 g/mol. The number of furan rings is 1. The summed E-state index contributed by atoms with van der Waals surface area (Å²) in [4.78, 5) is 51.2.